The molecule has 0 saturated carbocycles. The highest BCUT2D eigenvalue weighted by molar-refractivity contribution is 5.29. The minimum Gasteiger partial charge on any atom is -0.491 e. The van der Waals surface area contributed by atoms with Gasteiger partial charge < -0.3 is 15.0 Å². The molecule has 1 atom stereocenters. The predicted molar refractivity (Wildman–Crippen MR) is 91.0 cm³/mol. The van der Waals surface area contributed by atoms with Gasteiger partial charge in [-0.2, -0.15) is 0 Å². The molecule has 0 aliphatic carbocycles. The molecular weight excluding hydrogens is 260 g/mol. The minimum atomic E-state index is 0.226. The molecule has 3 heteroatoms. The first-order chi connectivity index (χ1) is 9.90. The van der Waals surface area contributed by atoms with Gasteiger partial charge in [0.15, 0.2) is 0 Å². The highest BCUT2D eigenvalue weighted by Gasteiger charge is 2.06. The normalized spacial score (nSPS) is 13.2. The maximum absolute atomic E-state index is 5.67. The molecule has 1 N–H and O–H groups in total. The Hall–Kier alpha value is -1.06. The largest absolute Gasteiger partial charge is 0.491 e. The summed E-state index contributed by atoms with van der Waals surface area (Å²) in [5, 5.41) is 3.59. The van der Waals surface area contributed by atoms with Crippen LogP contribution in [0.15, 0.2) is 24.3 Å². The first-order valence-corrected chi connectivity index (χ1v) is 8.10. The van der Waals surface area contributed by atoms with E-state index in [1.807, 2.05) is 13.8 Å². The van der Waals surface area contributed by atoms with Crippen molar-refractivity contribution in [2.45, 2.75) is 59.2 Å². The summed E-state index contributed by atoms with van der Waals surface area (Å²) < 4.78 is 5.67. The van der Waals surface area contributed by atoms with E-state index in [-0.39, 0.29) is 6.10 Å². The van der Waals surface area contributed by atoms with E-state index < -0.39 is 0 Å². The van der Waals surface area contributed by atoms with Crippen molar-refractivity contribution in [2.75, 3.05) is 20.1 Å². The van der Waals surface area contributed by atoms with Crippen LogP contribution in [0.3, 0.4) is 0 Å². The summed E-state index contributed by atoms with van der Waals surface area (Å²) >= 11 is 0. The van der Waals surface area contributed by atoms with Crippen LogP contribution in [0.4, 0.5) is 0 Å². The van der Waals surface area contributed by atoms with Crippen LogP contribution < -0.4 is 10.1 Å². The Bertz CT molecular complexity index is 387. The van der Waals surface area contributed by atoms with E-state index in [2.05, 4.69) is 62.3 Å². The van der Waals surface area contributed by atoms with E-state index in [1.165, 1.54) is 12.0 Å². The fourth-order valence-electron chi connectivity index (χ4n) is 2.13. The molecule has 1 unspecified atom stereocenters. The van der Waals surface area contributed by atoms with Crippen molar-refractivity contribution >= 4 is 0 Å². The minimum absolute atomic E-state index is 0.226. The quantitative estimate of drug-likeness (QED) is 0.700. The summed E-state index contributed by atoms with van der Waals surface area (Å²) in [6.45, 7) is 13.0. The molecule has 0 aliphatic heterocycles. The van der Waals surface area contributed by atoms with Crippen LogP contribution in [0.5, 0.6) is 5.75 Å². The van der Waals surface area contributed by atoms with Gasteiger partial charge in [-0.05, 0) is 78.9 Å². The molecule has 1 rings (SSSR count). The van der Waals surface area contributed by atoms with Gasteiger partial charge >= 0.3 is 0 Å². The zero-order valence-electron chi connectivity index (χ0n) is 14.5. The zero-order chi connectivity index (χ0) is 15.8. The Labute approximate surface area is 130 Å². The topological polar surface area (TPSA) is 24.5 Å². The first-order valence-electron chi connectivity index (χ1n) is 8.10. The Morgan fingerprint density at radius 3 is 2.19 bits per heavy atom. The van der Waals surface area contributed by atoms with Crippen LogP contribution in [0.2, 0.25) is 0 Å². The molecular formula is C18H32N2O. The van der Waals surface area contributed by atoms with Gasteiger partial charge in [0.2, 0.25) is 0 Å². The average Bonchev–Trinajstić information content (AvgIpc) is 2.43. The molecule has 0 heterocycles. The summed E-state index contributed by atoms with van der Waals surface area (Å²) in [6, 6.07) is 9.41. The van der Waals surface area contributed by atoms with E-state index in [0.717, 1.165) is 18.8 Å². The van der Waals surface area contributed by atoms with Crippen LogP contribution in [-0.4, -0.2) is 37.2 Å². The monoisotopic (exact) mass is 292 g/mol. The Balaban J connectivity index is 2.33. The number of benzene rings is 1. The Kier molecular flexibility index (Phi) is 7.76. The fraction of sp³-hybridized carbons (Fsp3) is 0.667. The fourth-order valence-corrected chi connectivity index (χ4v) is 2.13. The third-order valence-electron chi connectivity index (χ3n) is 3.77. The van der Waals surface area contributed by atoms with Crippen LogP contribution in [0, 0.1) is 0 Å². The maximum atomic E-state index is 5.67. The van der Waals surface area contributed by atoms with Crippen molar-refractivity contribution in [2.24, 2.45) is 0 Å². The molecule has 1 aromatic rings. The van der Waals surface area contributed by atoms with Gasteiger partial charge in [0.05, 0.1) is 6.10 Å². The molecule has 0 spiro atoms. The van der Waals surface area contributed by atoms with Crippen LogP contribution in [0.1, 0.15) is 52.6 Å². The molecule has 0 aromatic heterocycles. The van der Waals surface area contributed by atoms with Gasteiger partial charge in [-0.1, -0.05) is 12.1 Å². The number of nitrogens with one attached hydrogen (secondary N) is 1. The van der Waals surface area contributed by atoms with Crippen molar-refractivity contribution in [3.05, 3.63) is 29.8 Å². The second-order valence-electron chi connectivity index (χ2n) is 6.34. The average molecular weight is 292 g/mol. The van der Waals surface area contributed by atoms with E-state index in [9.17, 15) is 0 Å². The summed E-state index contributed by atoms with van der Waals surface area (Å²) in [7, 11) is 2.18. The van der Waals surface area contributed by atoms with Gasteiger partial charge in [-0.15, -0.1) is 0 Å². The molecule has 120 valence electrons. The van der Waals surface area contributed by atoms with Gasteiger partial charge in [0, 0.05) is 12.1 Å². The van der Waals surface area contributed by atoms with Crippen molar-refractivity contribution in [1.29, 1.82) is 0 Å². The maximum Gasteiger partial charge on any atom is 0.119 e. The zero-order valence-corrected chi connectivity index (χ0v) is 14.5. The lowest BCUT2D eigenvalue weighted by Gasteiger charge is -2.21. The number of hydrogen-bond donors (Lipinski definition) is 1. The lowest BCUT2D eigenvalue weighted by molar-refractivity contribution is 0.242. The molecule has 0 bridgehead atoms. The summed E-state index contributed by atoms with van der Waals surface area (Å²) in [6.07, 6.45) is 1.40. The molecule has 0 amide bonds. The van der Waals surface area contributed by atoms with Crippen LogP contribution in [0.25, 0.3) is 0 Å². The molecule has 21 heavy (non-hydrogen) atoms. The molecule has 3 nitrogen and oxygen atoms in total. The lowest BCUT2D eigenvalue weighted by atomic mass is 10.1. The first kappa shape index (κ1) is 18.0. The second-order valence-corrected chi connectivity index (χ2v) is 6.34. The summed E-state index contributed by atoms with van der Waals surface area (Å²) in [4.78, 5) is 2.38. The van der Waals surface area contributed by atoms with Crippen LogP contribution >= 0.6 is 0 Å². The highest BCUT2D eigenvalue weighted by Crippen LogP contribution is 2.18. The smallest absolute Gasteiger partial charge is 0.119 e. The van der Waals surface area contributed by atoms with E-state index in [4.69, 9.17) is 4.74 Å². The Morgan fingerprint density at radius 2 is 1.67 bits per heavy atom. The van der Waals surface area contributed by atoms with Gasteiger partial charge in [-0.3, -0.25) is 0 Å². The summed E-state index contributed by atoms with van der Waals surface area (Å²) in [5.41, 5.74) is 1.31. The van der Waals surface area contributed by atoms with Crippen molar-refractivity contribution in [1.82, 2.24) is 10.2 Å². The number of hydrogen-bond acceptors (Lipinski definition) is 3. The third-order valence-corrected chi connectivity index (χ3v) is 3.77. The predicted octanol–water partition coefficient (Wildman–Crippen LogP) is 3.85. The van der Waals surface area contributed by atoms with Gasteiger partial charge in [0.25, 0.3) is 0 Å². The molecule has 0 aliphatic rings. The standard InChI is InChI=1S/C18H32N2O/c1-14(2)20(6)13-7-12-19-16(5)17-8-10-18(11-9-17)21-15(3)4/h8-11,14-16,19H,7,12-13H2,1-6H3. The van der Waals surface area contributed by atoms with E-state index in [0.29, 0.717) is 12.1 Å². The molecule has 0 saturated heterocycles. The second kappa shape index (κ2) is 9.06. The molecule has 0 fully saturated rings. The van der Waals surface area contributed by atoms with E-state index >= 15 is 0 Å². The van der Waals surface area contributed by atoms with Crippen molar-refractivity contribution < 1.29 is 4.74 Å². The lowest BCUT2D eigenvalue weighted by Crippen LogP contribution is -2.30. The SMILES string of the molecule is CC(C)Oc1ccc(C(C)NCCCN(C)C(C)C)cc1. The number of ether oxygens (including phenoxy) is 1. The van der Waals surface area contributed by atoms with Crippen LogP contribution in [-0.2, 0) is 0 Å². The number of rotatable bonds is 9. The van der Waals surface area contributed by atoms with E-state index in [1.54, 1.807) is 0 Å². The van der Waals surface area contributed by atoms with Gasteiger partial charge in [0.1, 0.15) is 5.75 Å². The Morgan fingerprint density at radius 1 is 1.05 bits per heavy atom. The third kappa shape index (κ3) is 6.96. The van der Waals surface area contributed by atoms with Gasteiger partial charge in [-0.25, -0.2) is 0 Å². The number of nitrogens with zero attached hydrogens (tertiary/aromatic N) is 1. The molecule has 1 aromatic carbocycles. The molecule has 0 radical (unpaired) electrons. The summed E-state index contributed by atoms with van der Waals surface area (Å²) in [5.74, 6) is 0.944. The van der Waals surface area contributed by atoms with Crippen molar-refractivity contribution in [3.63, 3.8) is 0 Å². The highest BCUT2D eigenvalue weighted by atomic mass is 16.5. The van der Waals surface area contributed by atoms with Crippen molar-refractivity contribution in [3.8, 4) is 5.75 Å².